The number of aryl methyl sites for hydroxylation is 1. The molecule has 0 unspecified atom stereocenters. The lowest BCUT2D eigenvalue weighted by molar-refractivity contribution is 0.0679. The van der Waals surface area contributed by atoms with Crippen LogP contribution in [0, 0.1) is 6.92 Å². The van der Waals surface area contributed by atoms with E-state index in [1.54, 1.807) is 24.1 Å². The van der Waals surface area contributed by atoms with Crippen molar-refractivity contribution in [3.63, 3.8) is 0 Å². The van der Waals surface area contributed by atoms with Gasteiger partial charge in [-0.2, -0.15) is 0 Å². The fourth-order valence-corrected chi connectivity index (χ4v) is 2.75. The standard InChI is InChI=1S/C19H22N2O4.ClH/c1-13-3-5-15(20)10-16(13)19(22)21(7-8-23-2)11-14-4-6-17-18(9-14)25-12-24-17;/h3-6,9-10H,7-8,11-12,20H2,1-2H3;1H. The van der Waals surface area contributed by atoms with Crippen molar-refractivity contribution in [2.45, 2.75) is 13.5 Å². The average Bonchev–Trinajstić information content (AvgIpc) is 3.07. The van der Waals surface area contributed by atoms with Crippen molar-refractivity contribution in [1.29, 1.82) is 0 Å². The van der Waals surface area contributed by atoms with Crippen LogP contribution in [0.2, 0.25) is 0 Å². The summed E-state index contributed by atoms with van der Waals surface area (Å²) in [6.45, 7) is 3.53. The van der Waals surface area contributed by atoms with E-state index in [0.29, 0.717) is 36.7 Å². The van der Waals surface area contributed by atoms with Crippen molar-refractivity contribution in [2.24, 2.45) is 0 Å². The van der Waals surface area contributed by atoms with Crippen LogP contribution in [0.4, 0.5) is 5.69 Å². The number of amides is 1. The summed E-state index contributed by atoms with van der Waals surface area (Å²) in [5.41, 5.74) is 8.90. The molecule has 0 spiro atoms. The van der Waals surface area contributed by atoms with Gasteiger partial charge in [0.2, 0.25) is 6.79 Å². The van der Waals surface area contributed by atoms with E-state index in [1.165, 1.54) is 0 Å². The van der Waals surface area contributed by atoms with E-state index >= 15 is 0 Å². The van der Waals surface area contributed by atoms with E-state index in [-0.39, 0.29) is 25.1 Å². The van der Waals surface area contributed by atoms with Gasteiger partial charge in [0.25, 0.3) is 5.91 Å². The number of hydrogen-bond donors (Lipinski definition) is 1. The molecule has 2 aromatic rings. The highest BCUT2D eigenvalue weighted by atomic mass is 35.5. The second-order valence-electron chi connectivity index (χ2n) is 5.98. The van der Waals surface area contributed by atoms with E-state index < -0.39 is 0 Å². The largest absolute Gasteiger partial charge is 0.454 e. The highest BCUT2D eigenvalue weighted by Crippen LogP contribution is 2.33. The number of hydrogen-bond acceptors (Lipinski definition) is 5. The van der Waals surface area contributed by atoms with Crippen molar-refractivity contribution in [2.75, 3.05) is 32.8 Å². The molecule has 3 rings (SSSR count). The first kappa shape index (κ1) is 19.9. The maximum Gasteiger partial charge on any atom is 0.254 e. The van der Waals surface area contributed by atoms with Gasteiger partial charge in [-0.1, -0.05) is 12.1 Å². The Morgan fingerprint density at radius 2 is 1.96 bits per heavy atom. The lowest BCUT2D eigenvalue weighted by Gasteiger charge is -2.23. The molecule has 1 heterocycles. The molecule has 0 aromatic heterocycles. The summed E-state index contributed by atoms with van der Waals surface area (Å²) >= 11 is 0. The average molecular weight is 379 g/mol. The summed E-state index contributed by atoms with van der Waals surface area (Å²) in [6, 6.07) is 11.1. The minimum atomic E-state index is -0.0699. The van der Waals surface area contributed by atoms with E-state index in [2.05, 4.69) is 0 Å². The van der Waals surface area contributed by atoms with E-state index in [4.69, 9.17) is 19.9 Å². The van der Waals surface area contributed by atoms with Crippen LogP contribution in [0.1, 0.15) is 21.5 Å². The molecule has 0 radical (unpaired) electrons. The Balaban J connectivity index is 0.00000243. The van der Waals surface area contributed by atoms with E-state index in [1.807, 2.05) is 31.2 Å². The third-order valence-corrected chi connectivity index (χ3v) is 4.15. The number of ether oxygens (including phenoxy) is 3. The normalized spacial score (nSPS) is 11.8. The van der Waals surface area contributed by atoms with Gasteiger partial charge in [-0.15, -0.1) is 12.4 Å². The molecule has 0 bridgehead atoms. The molecular formula is C19H23ClN2O4. The van der Waals surface area contributed by atoms with E-state index in [0.717, 1.165) is 16.9 Å². The fraction of sp³-hybridized carbons (Fsp3) is 0.316. The van der Waals surface area contributed by atoms with Crippen LogP contribution >= 0.6 is 12.4 Å². The number of rotatable bonds is 6. The Morgan fingerprint density at radius 3 is 2.73 bits per heavy atom. The number of carbonyl (C=O) groups excluding carboxylic acids is 1. The molecule has 0 atom stereocenters. The molecule has 140 valence electrons. The zero-order valence-electron chi connectivity index (χ0n) is 14.9. The number of carbonyl (C=O) groups is 1. The van der Waals surface area contributed by atoms with E-state index in [9.17, 15) is 4.79 Å². The molecule has 26 heavy (non-hydrogen) atoms. The Kier molecular flexibility index (Phi) is 6.71. The predicted molar refractivity (Wildman–Crippen MR) is 102 cm³/mol. The summed E-state index contributed by atoms with van der Waals surface area (Å²) in [7, 11) is 1.62. The second kappa shape index (κ2) is 8.78. The van der Waals surface area contributed by atoms with Gasteiger partial charge in [-0.25, -0.2) is 0 Å². The third kappa shape index (κ3) is 4.39. The third-order valence-electron chi connectivity index (χ3n) is 4.15. The summed E-state index contributed by atoms with van der Waals surface area (Å²) in [5.74, 6) is 1.36. The maximum atomic E-state index is 13.0. The molecule has 0 saturated carbocycles. The first-order chi connectivity index (χ1) is 12.1. The number of anilines is 1. The predicted octanol–water partition coefficient (Wildman–Crippen LogP) is 3.02. The Labute approximate surface area is 159 Å². The molecule has 0 fully saturated rings. The number of nitrogen functional groups attached to an aromatic ring is 1. The van der Waals surface area contributed by atoms with Gasteiger partial charge in [0.05, 0.1) is 6.61 Å². The number of fused-ring (bicyclic) bond motifs is 1. The molecular weight excluding hydrogens is 356 g/mol. The molecule has 2 aromatic carbocycles. The van der Waals surface area contributed by atoms with Crippen LogP contribution < -0.4 is 15.2 Å². The lowest BCUT2D eigenvalue weighted by Crippen LogP contribution is -2.34. The van der Waals surface area contributed by atoms with Gasteiger partial charge in [0.1, 0.15) is 0 Å². The van der Waals surface area contributed by atoms with Crippen molar-refractivity contribution < 1.29 is 19.0 Å². The molecule has 0 saturated heterocycles. The van der Waals surface area contributed by atoms with Gasteiger partial charge < -0.3 is 24.8 Å². The second-order valence-corrected chi connectivity index (χ2v) is 5.98. The molecule has 2 N–H and O–H groups in total. The molecule has 1 amide bonds. The van der Waals surface area contributed by atoms with Gasteiger partial charge in [-0.3, -0.25) is 4.79 Å². The monoisotopic (exact) mass is 378 g/mol. The number of halogens is 1. The fourth-order valence-electron chi connectivity index (χ4n) is 2.75. The van der Waals surface area contributed by atoms with Crippen LogP contribution in [0.5, 0.6) is 11.5 Å². The van der Waals surface area contributed by atoms with Gasteiger partial charge in [0.15, 0.2) is 11.5 Å². The molecule has 1 aliphatic heterocycles. The van der Waals surface area contributed by atoms with Crippen LogP contribution in [-0.4, -0.2) is 37.9 Å². The molecule has 6 nitrogen and oxygen atoms in total. The summed E-state index contributed by atoms with van der Waals surface area (Å²) in [4.78, 5) is 14.8. The highest BCUT2D eigenvalue weighted by molar-refractivity contribution is 5.96. The molecule has 7 heteroatoms. The van der Waals surface area contributed by atoms with Crippen molar-refractivity contribution in [3.8, 4) is 11.5 Å². The number of nitrogens with two attached hydrogens (primary N) is 1. The lowest BCUT2D eigenvalue weighted by atomic mass is 10.1. The summed E-state index contributed by atoms with van der Waals surface area (Å²) < 4.78 is 15.9. The summed E-state index contributed by atoms with van der Waals surface area (Å²) in [6.07, 6.45) is 0. The van der Waals surface area contributed by atoms with Gasteiger partial charge >= 0.3 is 0 Å². The van der Waals surface area contributed by atoms with Crippen molar-refractivity contribution in [3.05, 3.63) is 53.1 Å². The van der Waals surface area contributed by atoms with Crippen LogP contribution in [-0.2, 0) is 11.3 Å². The topological polar surface area (TPSA) is 74.0 Å². The smallest absolute Gasteiger partial charge is 0.254 e. The molecule has 0 aliphatic carbocycles. The van der Waals surface area contributed by atoms with Crippen LogP contribution in [0.3, 0.4) is 0 Å². The number of methoxy groups -OCH3 is 1. The minimum absolute atomic E-state index is 0. The zero-order valence-corrected chi connectivity index (χ0v) is 15.7. The number of nitrogens with zero attached hydrogens (tertiary/aromatic N) is 1. The number of benzene rings is 2. The van der Waals surface area contributed by atoms with Crippen LogP contribution in [0.25, 0.3) is 0 Å². The minimum Gasteiger partial charge on any atom is -0.454 e. The van der Waals surface area contributed by atoms with Crippen LogP contribution in [0.15, 0.2) is 36.4 Å². The first-order valence-electron chi connectivity index (χ1n) is 8.11. The molecule has 1 aliphatic rings. The van der Waals surface area contributed by atoms with Crippen molar-refractivity contribution in [1.82, 2.24) is 4.90 Å². The Morgan fingerprint density at radius 1 is 1.19 bits per heavy atom. The Hall–Kier alpha value is -2.44. The van der Waals surface area contributed by atoms with Crippen molar-refractivity contribution >= 4 is 24.0 Å². The quantitative estimate of drug-likeness (QED) is 0.782. The Bertz CT molecular complexity index is 782. The first-order valence-corrected chi connectivity index (χ1v) is 8.11. The zero-order chi connectivity index (χ0) is 17.8. The SMILES string of the molecule is COCCN(Cc1ccc2c(c1)OCO2)C(=O)c1cc(N)ccc1C.Cl. The summed E-state index contributed by atoms with van der Waals surface area (Å²) in [5, 5.41) is 0. The van der Waals surface area contributed by atoms with Gasteiger partial charge in [-0.05, 0) is 42.3 Å². The highest BCUT2D eigenvalue weighted by Gasteiger charge is 2.20. The van der Waals surface area contributed by atoms with Gasteiger partial charge in [0, 0.05) is 31.5 Å². The maximum absolute atomic E-state index is 13.0.